The zero-order valence-electron chi connectivity index (χ0n) is 19.1. The van der Waals surface area contributed by atoms with Crippen LogP contribution in [0.4, 0.5) is 0 Å². The number of aryl methyl sites for hydroxylation is 2. The van der Waals surface area contributed by atoms with E-state index >= 15 is 0 Å². The van der Waals surface area contributed by atoms with E-state index in [9.17, 15) is 9.59 Å². The number of fused-ring (bicyclic) bond motifs is 2. The lowest BCUT2D eigenvalue weighted by Gasteiger charge is -2.02. The van der Waals surface area contributed by atoms with E-state index in [0.29, 0.717) is 0 Å². The zero-order valence-corrected chi connectivity index (χ0v) is 19.1. The van der Waals surface area contributed by atoms with E-state index in [2.05, 4.69) is 35.1 Å². The molecule has 2 aromatic carbocycles. The maximum absolute atomic E-state index is 13.1. The minimum absolute atomic E-state index is 0.0412. The Hall–Kier alpha value is -3.14. The molecule has 0 spiro atoms. The molecule has 0 fully saturated rings. The van der Waals surface area contributed by atoms with Gasteiger partial charge in [-0.05, 0) is 25.0 Å². The Morgan fingerprint density at radius 1 is 0.656 bits per heavy atom. The highest BCUT2D eigenvalue weighted by Crippen LogP contribution is 2.26. The quantitative estimate of drug-likeness (QED) is 0.240. The first kappa shape index (κ1) is 22.1. The number of carbonyl (C=O) groups excluding carboxylic acids is 2. The van der Waals surface area contributed by atoms with Crippen molar-refractivity contribution < 1.29 is 9.59 Å². The molecule has 0 unspecified atom stereocenters. The van der Waals surface area contributed by atoms with Gasteiger partial charge in [-0.1, -0.05) is 63.1 Å². The Balaban J connectivity index is 1.53. The van der Waals surface area contributed by atoms with E-state index in [4.69, 9.17) is 0 Å². The first-order chi connectivity index (χ1) is 15.6. The van der Waals surface area contributed by atoms with E-state index in [1.54, 1.807) is 0 Å². The standard InChI is InChI=1S/C28H32N2O2/c1-3-5-17-29-19-23(21-11-7-9-13-25(21)29)27(31)15-16-28(32)24-20-30(18-6-4-2)26-14-10-8-12-22(24)26/h7-14,19-20H,3-6,15-18H2,1-2H3. The molecule has 2 heterocycles. The number of nitrogens with zero attached hydrogens (tertiary/aromatic N) is 2. The normalized spacial score (nSPS) is 11.4. The molecule has 0 N–H and O–H groups in total. The molecule has 0 aliphatic rings. The van der Waals surface area contributed by atoms with Gasteiger partial charge in [0.05, 0.1) is 0 Å². The molecule has 0 bridgehead atoms. The van der Waals surface area contributed by atoms with Crippen molar-refractivity contribution in [2.45, 2.75) is 65.5 Å². The predicted octanol–water partition coefficient (Wildman–Crippen LogP) is 7.04. The number of carbonyl (C=O) groups is 2. The second-order valence-electron chi connectivity index (χ2n) is 8.56. The van der Waals surface area contributed by atoms with Gasteiger partial charge in [0.15, 0.2) is 11.6 Å². The largest absolute Gasteiger partial charge is 0.347 e. The lowest BCUT2D eigenvalue weighted by molar-refractivity contribution is 0.0919. The Morgan fingerprint density at radius 3 is 1.47 bits per heavy atom. The highest BCUT2D eigenvalue weighted by atomic mass is 16.1. The number of rotatable bonds is 11. The van der Waals surface area contributed by atoms with Crippen molar-refractivity contribution in [3.63, 3.8) is 0 Å². The fourth-order valence-corrected chi connectivity index (χ4v) is 4.46. The second kappa shape index (κ2) is 9.99. The lowest BCUT2D eigenvalue weighted by atomic mass is 10.0. The highest BCUT2D eigenvalue weighted by Gasteiger charge is 2.19. The second-order valence-corrected chi connectivity index (χ2v) is 8.56. The number of hydrogen-bond donors (Lipinski definition) is 0. The van der Waals surface area contributed by atoms with Crippen LogP contribution in [-0.2, 0) is 13.1 Å². The van der Waals surface area contributed by atoms with Crippen LogP contribution in [0.5, 0.6) is 0 Å². The van der Waals surface area contributed by atoms with Crippen LogP contribution in [0.15, 0.2) is 60.9 Å². The highest BCUT2D eigenvalue weighted by molar-refractivity contribution is 6.12. The fraction of sp³-hybridized carbons (Fsp3) is 0.357. The molecule has 0 aliphatic heterocycles. The van der Waals surface area contributed by atoms with Gasteiger partial charge in [-0.25, -0.2) is 0 Å². The number of benzene rings is 2. The lowest BCUT2D eigenvalue weighted by Crippen LogP contribution is -2.05. The van der Waals surface area contributed by atoms with Crippen LogP contribution in [0.3, 0.4) is 0 Å². The Bertz CT molecular complexity index is 1150. The van der Waals surface area contributed by atoms with E-state index < -0.39 is 0 Å². The third kappa shape index (κ3) is 4.40. The number of ketones is 2. The molecule has 4 aromatic rings. The Kier molecular flexibility index (Phi) is 6.89. The maximum Gasteiger partial charge on any atom is 0.165 e. The number of para-hydroxylation sites is 2. The predicted molar refractivity (Wildman–Crippen MR) is 132 cm³/mol. The van der Waals surface area contributed by atoms with Gasteiger partial charge in [0.1, 0.15) is 0 Å². The molecule has 4 heteroatoms. The van der Waals surface area contributed by atoms with Crippen LogP contribution in [0.25, 0.3) is 21.8 Å². The van der Waals surface area contributed by atoms with Crippen molar-refractivity contribution in [1.29, 1.82) is 0 Å². The number of hydrogen-bond acceptors (Lipinski definition) is 2. The van der Waals surface area contributed by atoms with E-state index in [-0.39, 0.29) is 24.4 Å². The molecule has 0 saturated carbocycles. The van der Waals surface area contributed by atoms with E-state index in [1.807, 2.05) is 48.8 Å². The average molecular weight is 429 g/mol. The summed E-state index contributed by atoms with van der Waals surface area (Å²) in [6, 6.07) is 16.1. The van der Waals surface area contributed by atoms with Gasteiger partial charge in [-0.15, -0.1) is 0 Å². The minimum atomic E-state index is 0.0412. The molecular formula is C28H32N2O2. The zero-order chi connectivity index (χ0) is 22.5. The van der Waals surface area contributed by atoms with Gasteiger partial charge in [0, 0.05) is 71.3 Å². The van der Waals surface area contributed by atoms with Gasteiger partial charge in [-0.3, -0.25) is 9.59 Å². The average Bonchev–Trinajstić information content (AvgIpc) is 3.38. The van der Waals surface area contributed by atoms with Crippen molar-refractivity contribution in [2.75, 3.05) is 0 Å². The number of unbranched alkanes of at least 4 members (excludes halogenated alkanes) is 2. The number of Topliss-reactive ketones (excluding diaryl/α,β-unsaturated/α-hetero) is 2. The molecule has 0 saturated heterocycles. The molecule has 0 atom stereocenters. The van der Waals surface area contributed by atoms with Gasteiger partial charge < -0.3 is 9.13 Å². The molecule has 166 valence electrons. The first-order valence-corrected chi connectivity index (χ1v) is 11.9. The van der Waals surface area contributed by atoms with E-state index in [1.165, 1.54) is 0 Å². The summed E-state index contributed by atoms with van der Waals surface area (Å²) in [7, 11) is 0. The molecular weight excluding hydrogens is 396 g/mol. The Labute approximate surface area is 189 Å². The molecule has 0 amide bonds. The minimum Gasteiger partial charge on any atom is -0.347 e. The third-order valence-corrected chi connectivity index (χ3v) is 6.26. The van der Waals surface area contributed by atoms with Crippen LogP contribution >= 0.6 is 0 Å². The van der Waals surface area contributed by atoms with Crippen molar-refractivity contribution in [2.24, 2.45) is 0 Å². The summed E-state index contributed by atoms with van der Waals surface area (Å²) in [6.07, 6.45) is 8.78. The summed E-state index contributed by atoms with van der Waals surface area (Å²) >= 11 is 0. The molecule has 0 aliphatic carbocycles. The van der Waals surface area contributed by atoms with Gasteiger partial charge in [0.2, 0.25) is 0 Å². The topological polar surface area (TPSA) is 44.0 Å². The van der Waals surface area contributed by atoms with Crippen LogP contribution in [0.2, 0.25) is 0 Å². The maximum atomic E-state index is 13.1. The van der Waals surface area contributed by atoms with Gasteiger partial charge in [0.25, 0.3) is 0 Å². The molecule has 4 rings (SSSR count). The van der Waals surface area contributed by atoms with Crippen LogP contribution in [0.1, 0.15) is 73.1 Å². The number of aromatic nitrogens is 2. The first-order valence-electron chi connectivity index (χ1n) is 11.9. The van der Waals surface area contributed by atoms with Gasteiger partial charge >= 0.3 is 0 Å². The van der Waals surface area contributed by atoms with Crippen molar-refractivity contribution in [1.82, 2.24) is 9.13 Å². The molecule has 0 radical (unpaired) electrons. The van der Waals surface area contributed by atoms with Gasteiger partial charge in [-0.2, -0.15) is 0 Å². The molecule has 4 nitrogen and oxygen atoms in total. The third-order valence-electron chi connectivity index (χ3n) is 6.26. The monoisotopic (exact) mass is 428 g/mol. The summed E-state index contributed by atoms with van der Waals surface area (Å²) in [5.74, 6) is 0.0824. The summed E-state index contributed by atoms with van der Waals surface area (Å²) < 4.78 is 4.35. The summed E-state index contributed by atoms with van der Waals surface area (Å²) in [5, 5.41) is 1.97. The fourth-order valence-electron chi connectivity index (χ4n) is 4.46. The summed E-state index contributed by atoms with van der Waals surface area (Å²) in [4.78, 5) is 26.2. The van der Waals surface area contributed by atoms with Crippen molar-refractivity contribution in [3.05, 3.63) is 72.1 Å². The molecule has 2 aromatic heterocycles. The molecule has 32 heavy (non-hydrogen) atoms. The van der Waals surface area contributed by atoms with Crippen LogP contribution in [0, 0.1) is 0 Å². The van der Waals surface area contributed by atoms with Crippen molar-refractivity contribution >= 4 is 33.4 Å². The SMILES string of the molecule is CCCCn1cc(C(=O)CCC(=O)c2cn(CCCC)c3ccccc23)c2ccccc21. The van der Waals surface area contributed by atoms with Crippen LogP contribution < -0.4 is 0 Å². The van der Waals surface area contributed by atoms with E-state index in [0.717, 1.165) is 71.7 Å². The van der Waals surface area contributed by atoms with Crippen molar-refractivity contribution in [3.8, 4) is 0 Å². The summed E-state index contributed by atoms with van der Waals surface area (Å²) in [5.41, 5.74) is 3.65. The Morgan fingerprint density at radius 2 is 1.06 bits per heavy atom. The summed E-state index contributed by atoms with van der Waals surface area (Å²) in [6.45, 7) is 6.15. The smallest absolute Gasteiger partial charge is 0.165 e. The van der Waals surface area contributed by atoms with Crippen LogP contribution in [-0.4, -0.2) is 20.7 Å².